The topological polar surface area (TPSA) is 40.2 Å². The van der Waals surface area contributed by atoms with E-state index in [4.69, 9.17) is 18.6 Å². The van der Waals surface area contributed by atoms with E-state index in [9.17, 15) is 0 Å². The normalized spacial score (nSPS) is 20.6. The van der Waals surface area contributed by atoms with Crippen molar-refractivity contribution in [3.8, 4) is 17.2 Å². The van der Waals surface area contributed by atoms with E-state index in [-0.39, 0.29) is 11.1 Å². The van der Waals surface area contributed by atoms with Crippen molar-refractivity contribution in [3.05, 3.63) is 59.2 Å². The van der Waals surface area contributed by atoms with Gasteiger partial charge in [0, 0.05) is 23.7 Å². The van der Waals surface area contributed by atoms with E-state index in [0.29, 0.717) is 6.61 Å². The van der Waals surface area contributed by atoms with E-state index in [0.717, 1.165) is 49.0 Å². The van der Waals surface area contributed by atoms with Crippen LogP contribution in [0.3, 0.4) is 0 Å². The highest BCUT2D eigenvalue weighted by atomic mass is 28.4. The Balaban J connectivity index is 1.32. The minimum atomic E-state index is -1.94. The summed E-state index contributed by atoms with van der Waals surface area (Å²) in [6.45, 7) is 16.8. The molecule has 200 valence electrons. The number of hydrogen-bond donors (Lipinski definition) is 0. The zero-order valence-electron chi connectivity index (χ0n) is 23.3. The molecule has 0 saturated carbocycles. The van der Waals surface area contributed by atoms with Gasteiger partial charge in [0.1, 0.15) is 30.0 Å². The fourth-order valence-electron chi connectivity index (χ4n) is 5.19. The van der Waals surface area contributed by atoms with Gasteiger partial charge in [0.05, 0.1) is 13.2 Å². The molecule has 0 spiro atoms. The van der Waals surface area contributed by atoms with Crippen molar-refractivity contribution in [3.63, 3.8) is 0 Å². The number of nitrogens with zero attached hydrogens (tertiary/aromatic N) is 1. The number of benzene rings is 2. The monoisotopic (exact) mass is 521 g/mol. The van der Waals surface area contributed by atoms with Gasteiger partial charge in [-0.15, -0.1) is 0 Å². The molecule has 1 fully saturated rings. The molecular weight excluding hydrogens is 478 g/mol. The lowest BCUT2D eigenvalue weighted by Gasteiger charge is -2.37. The minimum Gasteiger partial charge on any atom is -0.543 e. The van der Waals surface area contributed by atoms with Crippen LogP contribution < -0.4 is 13.9 Å². The average molecular weight is 522 g/mol. The number of piperidine rings is 1. The molecule has 3 aliphatic rings. The lowest BCUT2D eigenvalue weighted by Crippen LogP contribution is -2.43. The van der Waals surface area contributed by atoms with Crippen LogP contribution in [0.5, 0.6) is 17.2 Å². The van der Waals surface area contributed by atoms with Gasteiger partial charge in [-0.1, -0.05) is 39.3 Å². The van der Waals surface area contributed by atoms with Crippen molar-refractivity contribution in [2.24, 2.45) is 0 Å². The van der Waals surface area contributed by atoms with E-state index < -0.39 is 8.32 Å². The molecule has 2 aromatic rings. The van der Waals surface area contributed by atoms with Gasteiger partial charge in [-0.25, -0.2) is 0 Å². The van der Waals surface area contributed by atoms with Crippen LogP contribution in [-0.4, -0.2) is 52.7 Å². The van der Waals surface area contributed by atoms with Gasteiger partial charge in [0.25, 0.3) is 0 Å². The zero-order chi connectivity index (χ0) is 26.0. The second kappa shape index (κ2) is 10.8. The Kier molecular flexibility index (Phi) is 7.71. The van der Waals surface area contributed by atoms with Crippen molar-refractivity contribution < 1.29 is 18.6 Å². The first-order valence-electron chi connectivity index (χ1n) is 14.0. The van der Waals surface area contributed by atoms with Crippen LogP contribution in [0.25, 0.3) is 5.57 Å². The SMILES string of the molecule is CC(C)(C)[Si](C)(C)Oc1ccc2c(c1)OC(c1ccc(OCCN3CCCCC3)cc1)C1=C2CCOC1. The van der Waals surface area contributed by atoms with E-state index >= 15 is 0 Å². The Morgan fingerprint density at radius 1 is 0.973 bits per heavy atom. The summed E-state index contributed by atoms with van der Waals surface area (Å²) in [5, 5.41) is 0.139. The molecule has 0 bridgehead atoms. The molecule has 0 aromatic heterocycles. The number of likely N-dealkylation sites (tertiary alicyclic amines) is 1. The highest BCUT2D eigenvalue weighted by Gasteiger charge is 2.39. The number of hydrogen-bond acceptors (Lipinski definition) is 5. The van der Waals surface area contributed by atoms with Gasteiger partial charge in [0.2, 0.25) is 8.32 Å². The molecular formula is C31H43NO4Si. The van der Waals surface area contributed by atoms with Crippen molar-refractivity contribution in [1.82, 2.24) is 4.90 Å². The van der Waals surface area contributed by atoms with Crippen LogP contribution in [0.15, 0.2) is 48.0 Å². The van der Waals surface area contributed by atoms with Crippen LogP contribution in [-0.2, 0) is 4.74 Å². The second-order valence-corrected chi connectivity index (χ2v) is 16.9. The Bertz CT molecular complexity index is 1110. The molecule has 1 atom stereocenters. The summed E-state index contributed by atoms with van der Waals surface area (Å²) < 4.78 is 25.2. The van der Waals surface area contributed by atoms with Gasteiger partial charge in [0.15, 0.2) is 0 Å². The summed E-state index contributed by atoms with van der Waals surface area (Å²) in [7, 11) is -1.94. The predicted octanol–water partition coefficient (Wildman–Crippen LogP) is 7.24. The second-order valence-electron chi connectivity index (χ2n) is 12.1. The molecule has 3 aliphatic heterocycles. The molecule has 5 rings (SSSR count). The summed E-state index contributed by atoms with van der Waals surface area (Å²) >= 11 is 0. The average Bonchev–Trinajstić information content (AvgIpc) is 2.88. The van der Waals surface area contributed by atoms with Gasteiger partial charge in [-0.3, -0.25) is 4.90 Å². The van der Waals surface area contributed by atoms with E-state index in [1.807, 2.05) is 0 Å². The van der Waals surface area contributed by atoms with Crippen LogP contribution in [0.2, 0.25) is 18.1 Å². The maximum atomic E-state index is 6.68. The van der Waals surface area contributed by atoms with Crippen molar-refractivity contribution >= 4 is 13.9 Å². The van der Waals surface area contributed by atoms with Crippen molar-refractivity contribution in [2.75, 3.05) is 39.5 Å². The lowest BCUT2D eigenvalue weighted by atomic mass is 9.87. The maximum Gasteiger partial charge on any atom is 0.250 e. The van der Waals surface area contributed by atoms with E-state index in [1.54, 1.807) is 0 Å². The molecule has 0 aliphatic carbocycles. The molecule has 2 aromatic carbocycles. The zero-order valence-corrected chi connectivity index (χ0v) is 24.3. The Labute approximate surface area is 223 Å². The third kappa shape index (κ3) is 5.92. The fourth-order valence-corrected chi connectivity index (χ4v) is 6.21. The van der Waals surface area contributed by atoms with Crippen LogP contribution >= 0.6 is 0 Å². The predicted molar refractivity (Wildman–Crippen MR) is 152 cm³/mol. The van der Waals surface area contributed by atoms with E-state index in [1.165, 1.54) is 49.1 Å². The first-order chi connectivity index (χ1) is 17.7. The van der Waals surface area contributed by atoms with Crippen LogP contribution in [0.1, 0.15) is 63.7 Å². The molecule has 3 heterocycles. The van der Waals surface area contributed by atoms with Crippen molar-refractivity contribution in [1.29, 1.82) is 0 Å². The lowest BCUT2D eigenvalue weighted by molar-refractivity contribution is 0.123. The number of rotatable bonds is 7. The maximum absolute atomic E-state index is 6.68. The van der Waals surface area contributed by atoms with Gasteiger partial charge < -0.3 is 18.6 Å². The first-order valence-corrected chi connectivity index (χ1v) is 16.9. The quantitative estimate of drug-likeness (QED) is 0.359. The minimum absolute atomic E-state index is 0.139. The summed E-state index contributed by atoms with van der Waals surface area (Å²) in [5.74, 6) is 2.72. The highest BCUT2D eigenvalue weighted by Crippen LogP contribution is 2.47. The van der Waals surface area contributed by atoms with E-state index in [2.05, 4.69) is 81.2 Å². The molecule has 0 N–H and O–H groups in total. The smallest absolute Gasteiger partial charge is 0.250 e. The standard InChI is InChI=1S/C31H43NO4Si/c1-31(2,3)37(4,5)36-25-13-14-27-26-15-19-33-22-28(26)30(35-29(27)21-25)23-9-11-24(12-10-23)34-20-18-32-16-7-6-8-17-32/h9-14,21,30H,6-8,15-20,22H2,1-5H3. The van der Waals surface area contributed by atoms with Gasteiger partial charge in [-0.05, 0) is 85.9 Å². The summed E-state index contributed by atoms with van der Waals surface area (Å²) in [4.78, 5) is 2.51. The third-order valence-electron chi connectivity index (χ3n) is 8.47. The Morgan fingerprint density at radius 3 is 2.43 bits per heavy atom. The van der Waals surface area contributed by atoms with Crippen LogP contribution in [0, 0.1) is 0 Å². The Hall–Kier alpha value is -2.28. The molecule has 5 nitrogen and oxygen atoms in total. The van der Waals surface area contributed by atoms with Gasteiger partial charge in [-0.2, -0.15) is 0 Å². The molecule has 0 radical (unpaired) electrons. The number of ether oxygens (including phenoxy) is 3. The summed E-state index contributed by atoms with van der Waals surface area (Å²) in [6.07, 6.45) is 4.73. The first kappa shape index (κ1) is 26.3. The molecule has 37 heavy (non-hydrogen) atoms. The molecule has 6 heteroatoms. The molecule has 1 saturated heterocycles. The fraction of sp³-hybridized carbons (Fsp3) is 0.548. The molecule has 0 amide bonds. The number of fused-ring (bicyclic) bond motifs is 2. The Morgan fingerprint density at radius 2 is 1.70 bits per heavy atom. The third-order valence-corrected chi connectivity index (χ3v) is 12.8. The van der Waals surface area contributed by atoms with Crippen molar-refractivity contribution in [2.45, 2.75) is 70.7 Å². The summed E-state index contributed by atoms with van der Waals surface area (Å²) in [6, 6.07) is 14.8. The highest BCUT2D eigenvalue weighted by molar-refractivity contribution is 6.74. The van der Waals surface area contributed by atoms with Gasteiger partial charge >= 0.3 is 0 Å². The summed E-state index contributed by atoms with van der Waals surface area (Å²) in [5.41, 5.74) is 4.89. The molecule has 1 unspecified atom stereocenters. The largest absolute Gasteiger partial charge is 0.543 e. The van der Waals surface area contributed by atoms with Crippen LogP contribution in [0.4, 0.5) is 0 Å².